The molecule has 1 unspecified atom stereocenters. The number of para-hydroxylation sites is 1. The normalized spacial score (nSPS) is 19.1. The van der Waals surface area contributed by atoms with Crippen molar-refractivity contribution in [2.45, 2.75) is 25.8 Å². The van der Waals surface area contributed by atoms with E-state index in [2.05, 4.69) is 27.2 Å². The van der Waals surface area contributed by atoms with E-state index in [-0.39, 0.29) is 11.8 Å². The lowest BCUT2D eigenvalue weighted by molar-refractivity contribution is -0.124. The Morgan fingerprint density at radius 3 is 2.83 bits per heavy atom. The first-order chi connectivity index (χ1) is 14.7. The van der Waals surface area contributed by atoms with E-state index < -0.39 is 0 Å². The lowest BCUT2D eigenvalue weighted by Crippen LogP contribution is -2.44. The van der Waals surface area contributed by atoms with Gasteiger partial charge in [0.15, 0.2) is 0 Å². The molecule has 154 valence electrons. The fourth-order valence-electron chi connectivity index (χ4n) is 4.41. The van der Waals surface area contributed by atoms with E-state index in [9.17, 15) is 4.79 Å². The zero-order valence-electron chi connectivity index (χ0n) is 16.6. The quantitative estimate of drug-likeness (QED) is 0.630. The highest BCUT2D eigenvalue weighted by atomic mass is 35.5. The van der Waals surface area contributed by atoms with E-state index in [4.69, 9.17) is 16.1 Å². The molecular weight excluding hydrogens is 400 g/mol. The Bertz CT molecular complexity index is 1050. The highest BCUT2D eigenvalue weighted by molar-refractivity contribution is 6.30. The Labute approximate surface area is 180 Å². The van der Waals surface area contributed by atoms with Crippen molar-refractivity contribution < 1.29 is 9.32 Å². The second-order valence-corrected chi connectivity index (χ2v) is 8.40. The molecule has 5 rings (SSSR count). The summed E-state index contributed by atoms with van der Waals surface area (Å²) in [6, 6.07) is 15.6. The maximum atomic E-state index is 13.2. The van der Waals surface area contributed by atoms with Gasteiger partial charge in [0.1, 0.15) is 0 Å². The van der Waals surface area contributed by atoms with Gasteiger partial charge in [-0.05, 0) is 61.7 Å². The van der Waals surface area contributed by atoms with Gasteiger partial charge in [0.25, 0.3) is 0 Å². The van der Waals surface area contributed by atoms with Gasteiger partial charge in [-0.2, -0.15) is 4.98 Å². The Morgan fingerprint density at radius 2 is 1.97 bits per heavy atom. The summed E-state index contributed by atoms with van der Waals surface area (Å²) in [7, 11) is 0. The molecule has 0 aliphatic carbocycles. The number of hydrogen-bond donors (Lipinski definition) is 0. The zero-order valence-corrected chi connectivity index (χ0v) is 17.4. The van der Waals surface area contributed by atoms with Gasteiger partial charge in [0.05, 0.1) is 12.5 Å². The molecule has 0 radical (unpaired) electrons. The highest BCUT2D eigenvalue weighted by Gasteiger charge is 2.33. The number of carbonyl (C=O) groups excluding carboxylic acids is 1. The predicted octanol–water partition coefficient (Wildman–Crippen LogP) is 4.19. The maximum absolute atomic E-state index is 13.2. The van der Waals surface area contributed by atoms with Gasteiger partial charge in [-0.3, -0.25) is 9.69 Å². The summed E-state index contributed by atoms with van der Waals surface area (Å²) < 4.78 is 5.46. The third-order valence-electron chi connectivity index (χ3n) is 5.94. The van der Waals surface area contributed by atoms with Crippen LogP contribution in [0.3, 0.4) is 0 Å². The minimum absolute atomic E-state index is 0.00330. The number of piperidine rings is 1. The molecule has 30 heavy (non-hydrogen) atoms. The molecule has 1 saturated heterocycles. The Hall–Kier alpha value is -2.70. The molecule has 1 atom stereocenters. The maximum Gasteiger partial charge on any atom is 0.241 e. The molecule has 0 bridgehead atoms. The lowest BCUT2D eigenvalue weighted by Gasteiger charge is -2.33. The second kappa shape index (κ2) is 8.20. The summed E-state index contributed by atoms with van der Waals surface area (Å²) in [5.74, 6) is 1.36. The fourth-order valence-corrected chi connectivity index (χ4v) is 4.54. The van der Waals surface area contributed by atoms with Crippen LogP contribution in [-0.2, 0) is 17.8 Å². The molecule has 3 aromatic rings. The van der Waals surface area contributed by atoms with E-state index >= 15 is 0 Å². The SMILES string of the molecule is O=C(C1CCCN(Cc2nc(-c3ccc(Cl)cc3)no2)C1)N1CCc2ccccc21. The van der Waals surface area contributed by atoms with Crippen LogP contribution in [-0.4, -0.2) is 40.6 Å². The van der Waals surface area contributed by atoms with Crippen molar-refractivity contribution in [3.8, 4) is 11.4 Å². The smallest absolute Gasteiger partial charge is 0.241 e. The molecule has 0 N–H and O–H groups in total. The van der Waals surface area contributed by atoms with Crippen molar-refractivity contribution >= 4 is 23.2 Å². The number of benzene rings is 2. The van der Waals surface area contributed by atoms with Gasteiger partial charge in [0.2, 0.25) is 17.6 Å². The number of amides is 1. The van der Waals surface area contributed by atoms with Crippen molar-refractivity contribution in [3.63, 3.8) is 0 Å². The number of carbonyl (C=O) groups is 1. The second-order valence-electron chi connectivity index (χ2n) is 7.96. The van der Waals surface area contributed by atoms with Crippen LogP contribution in [0.1, 0.15) is 24.3 Å². The van der Waals surface area contributed by atoms with Crippen LogP contribution in [0.15, 0.2) is 53.1 Å². The summed E-state index contributed by atoms with van der Waals surface area (Å²) in [4.78, 5) is 21.9. The molecule has 1 amide bonds. The zero-order chi connectivity index (χ0) is 20.5. The first kappa shape index (κ1) is 19.3. The van der Waals surface area contributed by atoms with E-state index in [0.29, 0.717) is 23.3 Å². The van der Waals surface area contributed by atoms with Crippen LogP contribution in [0.4, 0.5) is 5.69 Å². The van der Waals surface area contributed by atoms with Crippen LogP contribution >= 0.6 is 11.6 Å². The largest absolute Gasteiger partial charge is 0.338 e. The van der Waals surface area contributed by atoms with Crippen molar-refractivity contribution in [1.82, 2.24) is 15.0 Å². The molecule has 1 fully saturated rings. The number of nitrogens with zero attached hydrogens (tertiary/aromatic N) is 4. The summed E-state index contributed by atoms with van der Waals surface area (Å²) >= 11 is 5.95. The number of aromatic nitrogens is 2. The minimum Gasteiger partial charge on any atom is -0.338 e. The van der Waals surface area contributed by atoms with Gasteiger partial charge >= 0.3 is 0 Å². The van der Waals surface area contributed by atoms with Gasteiger partial charge in [-0.15, -0.1) is 0 Å². The number of hydrogen-bond acceptors (Lipinski definition) is 5. The minimum atomic E-state index is 0.00330. The third-order valence-corrected chi connectivity index (χ3v) is 6.19. The summed E-state index contributed by atoms with van der Waals surface area (Å²) in [6.07, 6.45) is 2.85. The van der Waals surface area contributed by atoms with Crippen molar-refractivity contribution in [1.29, 1.82) is 0 Å². The van der Waals surface area contributed by atoms with Crippen molar-refractivity contribution in [2.75, 3.05) is 24.5 Å². The molecule has 0 saturated carbocycles. The Balaban J connectivity index is 1.24. The Kier molecular flexibility index (Phi) is 5.27. The first-order valence-electron chi connectivity index (χ1n) is 10.4. The van der Waals surface area contributed by atoms with Gasteiger partial charge in [-0.25, -0.2) is 0 Å². The fraction of sp³-hybridized carbons (Fsp3) is 0.348. The van der Waals surface area contributed by atoms with Gasteiger partial charge in [0, 0.05) is 29.4 Å². The average Bonchev–Trinajstić information content (AvgIpc) is 3.41. The predicted molar refractivity (Wildman–Crippen MR) is 115 cm³/mol. The van der Waals surface area contributed by atoms with E-state index in [1.54, 1.807) is 0 Å². The van der Waals surface area contributed by atoms with Gasteiger partial charge in [-0.1, -0.05) is 35.0 Å². The van der Waals surface area contributed by atoms with E-state index in [1.165, 1.54) is 5.56 Å². The standard InChI is InChI=1S/C23H23ClN4O2/c24-19-9-7-17(8-10-19)22-25-21(30-26-22)15-27-12-3-5-18(14-27)23(29)28-13-11-16-4-1-2-6-20(16)28/h1-2,4,6-10,18H,3,5,11-15H2. The van der Waals surface area contributed by atoms with E-state index in [1.807, 2.05) is 41.3 Å². The molecule has 0 spiro atoms. The Morgan fingerprint density at radius 1 is 1.13 bits per heavy atom. The molecular formula is C23H23ClN4O2. The number of halogens is 1. The van der Waals surface area contributed by atoms with Crippen molar-refractivity contribution in [3.05, 3.63) is 65.0 Å². The number of fused-ring (bicyclic) bond motifs is 1. The summed E-state index contributed by atoms with van der Waals surface area (Å²) in [5, 5.41) is 4.77. The third kappa shape index (κ3) is 3.85. The van der Waals surface area contributed by atoms with Crippen molar-refractivity contribution in [2.24, 2.45) is 5.92 Å². The average molecular weight is 423 g/mol. The molecule has 2 aliphatic rings. The molecule has 2 aromatic carbocycles. The monoisotopic (exact) mass is 422 g/mol. The summed E-state index contributed by atoms with van der Waals surface area (Å²) in [5.41, 5.74) is 3.21. The molecule has 1 aromatic heterocycles. The molecule has 6 nitrogen and oxygen atoms in total. The number of anilines is 1. The number of likely N-dealkylation sites (tertiary alicyclic amines) is 1. The molecule has 2 aliphatic heterocycles. The number of rotatable bonds is 4. The molecule has 7 heteroatoms. The molecule has 3 heterocycles. The van der Waals surface area contributed by atoms with E-state index in [0.717, 1.165) is 50.1 Å². The lowest BCUT2D eigenvalue weighted by atomic mass is 9.96. The van der Waals surface area contributed by atoms with Crippen LogP contribution in [0, 0.1) is 5.92 Å². The van der Waals surface area contributed by atoms with Crippen LogP contribution < -0.4 is 4.90 Å². The van der Waals surface area contributed by atoms with Gasteiger partial charge < -0.3 is 9.42 Å². The topological polar surface area (TPSA) is 62.5 Å². The highest BCUT2D eigenvalue weighted by Crippen LogP contribution is 2.31. The van der Waals surface area contributed by atoms with Crippen LogP contribution in [0.5, 0.6) is 0 Å². The van der Waals surface area contributed by atoms with Crippen LogP contribution in [0.2, 0.25) is 5.02 Å². The summed E-state index contributed by atoms with van der Waals surface area (Å²) in [6.45, 7) is 2.99. The van der Waals surface area contributed by atoms with Crippen LogP contribution in [0.25, 0.3) is 11.4 Å². The first-order valence-corrected chi connectivity index (χ1v) is 10.8.